The van der Waals surface area contributed by atoms with Crippen molar-refractivity contribution in [1.82, 2.24) is 4.98 Å². The van der Waals surface area contributed by atoms with Crippen LogP contribution in [0.4, 0.5) is 0 Å². The number of esters is 1. The number of pyridine rings is 1. The Labute approximate surface area is 205 Å². The minimum Gasteiger partial charge on any atom is -0.454 e. The lowest BCUT2D eigenvalue weighted by Crippen LogP contribution is -2.17. The van der Waals surface area contributed by atoms with Crippen LogP contribution in [0, 0.1) is 20.8 Å². The number of ether oxygens (including phenoxy) is 1. The van der Waals surface area contributed by atoms with Crippen molar-refractivity contribution in [3.8, 4) is 0 Å². The zero-order chi connectivity index (χ0) is 24.5. The van der Waals surface area contributed by atoms with Gasteiger partial charge in [0.05, 0.1) is 16.8 Å². The Hall–Kier alpha value is -4.05. The van der Waals surface area contributed by atoms with Crippen LogP contribution in [-0.4, -0.2) is 23.3 Å². The van der Waals surface area contributed by atoms with Crippen LogP contribution in [0.15, 0.2) is 66.7 Å². The van der Waals surface area contributed by atoms with Gasteiger partial charge in [-0.25, -0.2) is 9.78 Å². The number of nitrogens with zero attached hydrogens (tertiary/aromatic N) is 1. The molecule has 3 aromatic carbocycles. The van der Waals surface area contributed by atoms with Crippen LogP contribution in [0.3, 0.4) is 0 Å². The molecule has 1 heterocycles. The maximum absolute atomic E-state index is 13.4. The summed E-state index contributed by atoms with van der Waals surface area (Å²) in [5.41, 5.74) is 8.89. The van der Waals surface area contributed by atoms with Crippen molar-refractivity contribution in [2.75, 3.05) is 6.61 Å². The summed E-state index contributed by atoms with van der Waals surface area (Å²) in [6.45, 7) is 5.61. The fraction of sp³-hybridized carbons (Fsp3) is 0.194. The fourth-order valence-electron chi connectivity index (χ4n) is 4.69. The van der Waals surface area contributed by atoms with Crippen LogP contribution in [0.25, 0.3) is 22.6 Å². The second-order valence-electron chi connectivity index (χ2n) is 9.23. The van der Waals surface area contributed by atoms with Crippen LogP contribution in [-0.2, 0) is 11.2 Å². The Morgan fingerprint density at radius 2 is 1.66 bits per heavy atom. The van der Waals surface area contributed by atoms with E-state index in [1.807, 2.05) is 56.3 Å². The minimum atomic E-state index is -0.477. The van der Waals surface area contributed by atoms with E-state index in [1.165, 1.54) is 5.56 Å². The highest BCUT2D eigenvalue weighted by molar-refractivity contribution is 6.08. The molecule has 1 aromatic heterocycles. The van der Waals surface area contributed by atoms with E-state index in [9.17, 15) is 9.59 Å². The summed E-state index contributed by atoms with van der Waals surface area (Å²) >= 11 is 0. The molecule has 0 fully saturated rings. The molecule has 4 heteroatoms. The third kappa shape index (κ3) is 4.52. The van der Waals surface area contributed by atoms with Gasteiger partial charge in [0.2, 0.25) is 5.78 Å². The van der Waals surface area contributed by atoms with Gasteiger partial charge in [-0.1, -0.05) is 65.7 Å². The first kappa shape index (κ1) is 22.7. The molecule has 1 aliphatic rings. The summed E-state index contributed by atoms with van der Waals surface area (Å²) in [6, 6.07) is 21.7. The number of hydrogen-bond donors (Lipinski definition) is 0. The van der Waals surface area contributed by atoms with Gasteiger partial charge in [0.15, 0.2) is 6.61 Å². The highest BCUT2D eigenvalue weighted by Gasteiger charge is 2.28. The summed E-state index contributed by atoms with van der Waals surface area (Å²) in [6.07, 6.45) is 3.65. The molecule has 4 nitrogen and oxygen atoms in total. The number of aryl methyl sites for hydroxylation is 3. The SMILES string of the molecule is Cc1ccc(C=C2CCc3c2nc2ccccc2c3C(=O)OCC(=O)c2cc(C)ccc2C)cc1. The molecule has 0 unspecified atom stereocenters. The summed E-state index contributed by atoms with van der Waals surface area (Å²) in [5, 5.41) is 0.757. The number of rotatable bonds is 5. The van der Waals surface area contributed by atoms with Crippen molar-refractivity contribution < 1.29 is 14.3 Å². The lowest BCUT2D eigenvalue weighted by Gasteiger charge is -2.13. The van der Waals surface area contributed by atoms with Crippen molar-refractivity contribution in [3.05, 3.63) is 111 Å². The molecule has 0 atom stereocenters. The van der Waals surface area contributed by atoms with Gasteiger partial charge in [0.1, 0.15) is 0 Å². The van der Waals surface area contributed by atoms with Crippen LogP contribution < -0.4 is 0 Å². The quantitative estimate of drug-likeness (QED) is 0.245. The monoisotopic (exact) mass is 461 g/mol. The second-order valence-corrected chi connectivity index (χ2v) is 9.23. The minimum absolute atomic E-state index is 0.200. The third-order valence-electron chi connectivity index (χ3n) is 6.59. The van der Waals surface area contributed by atoms with Gasteiger partial charge in [-0.15, -0.1) is 0 Å². The normalized spacial score (nSPS) is 13.7. The lowest BCUT2D eigenvalue weighted by molar-refractivity contribution is 0.0475. The molecule has 0 N–H and O–H groups in total. The Balaban J connectivity index is 1.49. The lowest BCUT2D eigenvalue weighted by atomic mass is 10.0. The first-order valence-corrected chi connectivity index (χ1v) is 11.9. The van der Waals surface area contributed by atoms with E-state index >= 15 is 0 Å². The average Bonchev–Trinajstić information content (AvgIpc) is 3.25. The molecule has 0 saturated heterocycles. The molecule has 0 amide bonds. The second kappa shape index (κ2) is 9.30. The maximum atomic E-state index is 13.4. The van der Waals surface area contributed by atoms with Crippen molar-refractivity contribution in [1.29, 1.82) is 0 Å². The van der Waals surface area contributed by atoms with E-state index < -0.39 is 5.97 Å². The van der Waals surface area contributed by atoms with E-state index in [0.29, 0.717) is 17.5 Å². The highest BCUT2D eigenvalue weighted by atomic mass is 16.5. The molecule has 0 spiro atoms. The van der Waals surface area contributed by atoms with Crippen molar-refractivity contribution in [2.45, 2.75) is 33.6 Å². The maximum Gasteiger partial charge on any atom is 0.339 e. The molecule has 4 aromatic rings. The molecular formula is C31H27NO3. The first-order valence-electron chi connectivity index (χ1n) is 11.9. The number of Topliss-reactive ketones (excluding diaryl/α,β-unsaturated/α-hetero) is 1. The van der Waals surface area contributed by atoms with Crippen LogP contribution in [0.2, 0.25) is 0 Å². The van der Waals surface area contributed by atoms with Gasteiger partial charge >= 0.3 is 5.97 Å². The van der Waals surface area contributed by atoms with E-state index in [0.717, 1.165) is 50.8 Å². The number of aromatic nitrogens is 1. The Kier molecular flexibility index (Phi) is 6.04. The van der Waals surface area contributed by atoms with Gasteiger partial charge in [-0.05, 0) is 74.1 Å². The number of hydrogen-bond acceptors (Lipinski definition) is 4. The van der Waals surface area contributed by atoms with Gasteiger partial charge in [-0.3, -0.25) is 4.79 Å². The van der Waals surface area contributed by atoms with Gasteiger partial charge in [0.25, 0.3) is 0 Å². The predicted molar refractivity (Wildman–Crippen MR) is 140 cm³/mol. The Morgan fingerprint density at radius 3 is 2.46 bits per heavy atom. The van der Waals surface area contributed by atoms with Crippen LogP contribution >= 0.6 is 0 Å². The molecule has 0 aliphatic heterocycles. The largest absolute Gasteiger partial charge is 0.454 e. The molecule has 0 bridgehead atoms. The standard InChI is InChI=1S/C31H27NO3/c1-19-9-12-22(13-10-19)17-23-14-15-25-29(24-6-4-5-7-27(24)32-30(23)25)31(34)35-18-28(33)26-16-20(2)8-11-21(26)3/h4-13,16-17H,14-15,18H2,1-3H3. The molecular weight excluding hydrogens is 434 g/mol. The fourth-order valence-corrected chi connectivity index (χ4v) is 4.69. The topological polar surface area (TPSA) is 56.3 Å². The van der Waals surface area contributed by atoms with Crippen molar-refractivity contribution in [3.63, 3.8) is 0 Å². The predicted octanol–water partition coefficient (Wildman–Crippen LogP) is 6.69. The zero-order valence-electron chi connectivity index (χ0n) is 20.2. The van der Waals surface area contributed by atoms with Crippen LogP contribution in [0.5, 0.6) is 0 Å². The molecule has 35 heavy (non-hydrogen) atoms. The summed E-state index contributed by atoms with van der Waals surface area (Å²) in [7, 11) is 0. The molecule has 174 valence electrons. The number of benzene rings is 3. The molecule has 0 radical (unpaired) electrons. The van der Waals surface area contributed by atoms with Gasteiger partial charge in [-0.2, -0.15) is 0 Å². The van der Waals surface area contributed by atoms with Crippen molar-refractivity contribution in [2.24, 2.45) is 0 Å². The van der Waals surface area contributed by atoms with E-state index in [2.05, 4.69) is 37.3 Å². The first-order chi connectivity index (χ1) is 16.9. The third-order valence-corrected chi connectivity index (χ3v) is 6.59. The van der Waals surface area contributed by atoms with Crippen LogP contribution in [0.1, 0.15) is 60.6 Å². The number of para-hydroxylation sites is 1. The number of carbonyl (C=O) groups is 2. The summed E-state index contributed by atoms with van der Waals surface area (Å²) in [4.78, 5) is 31.1. The van der Waals surface area contributed by atoms with E-state index in [1.54, 1.807) is 0 Å². The smallest absolute Gasteiger partial charge is 0.339 e. The Bertz CT molecular complexity index is 1500. The zero-order valence-corrected chi connectivity index (χ0v) is 20.2. The van der Waals surface area contributed by atoms with Gasteiger partial charge < -0.3 is 4.74 Å². The summed E-state index contributed by atoms with van der Waals surface area (Å²) in [5.74, 6) is -0.676. The van der Waals surface area contributed by atoms with E-state index in [4.69, 9.17) is 9.72 Å². The molecule has 0 saturated carbocycles. The highest BCUT2D eigenvalue weighted by Crippen LogP contribution is 2.37. The summed E-state index contributed by atoms with van der Waals surface area (Å²) < 4.78 is 5.60. The molecule has 5 rings (SSSR count). The number of ketones is 1. The van der Waals surface area contributed by atoms with Gasteiger partial charge in [0, 0.05) is 10.9 Å². The van der Waals surface area contributed by atoms with Crippen molar-refractivity contribution >= 4 is 34.3 Å². The number of fused-ring (bicyclic) bond motifs is 2. The van der Waals surface area contributed by atoms with E-state index in [-0.39, 0.29) is 12.4 Å². The number of carbonyl (C=O) groups excluding carboxylic acids is 2. The number of allylic oxidation sites excluding steroid dienone is 1. The Morgan fingerprint density at radius 1 is 0.914 bits per heavy atom. The molecule has 1 aliphatic carbocycles. The average molecular weight is 462 g/mol.